The number of likely N-dealkylation sites (tertiary alicyclic amines) is 4. The van der Waals surface area contributed by atoms with Crippen LogP contribution in [0.25, 0.3) is 21.5 Å². The number of piperidine rings is 2. The fraction of sp³-hybridized carbons (Fsp3) is 0.385. The highest BCUT2D eigenvalue weighted by molar-refractivity contribution is 7.89. The first-order valence-electron chi connectivity index (χ1n) is 18.7. The summed E-state index contributed by atoms with van der Waals surface area (Å²) in [5.41, 5.74) is 0. The molecule has 4 saturated heterocycles. The molecule has 4 aromatic rings. The maximum atomic E-state index is 13.5. The van der Waals surface area contributed by atoms with E-state index in [0.29, 0.717) is 66.0 Å². The van der Waals surface area contributed by atoms with Crippen LogP contribution in [0.4, 0.5) is 0 Å². The monoisotopic (exact) mass is 854 g/mol. The van der Waals surface area contributed by atoms with Crippen molar-refractivity contribution in [3.8, 4) is 0 Å². The molecule has 4 amide bonds. The number of hydrogen-bond donors (Lipinski definition) is 2. The summed E-state index contributed by atoms with van der Waals surface area (Å²) in [5.74, 6) is -1.50. The van der Waals surface area contributed by atoms with Gasteiger partial charge in [0, 0.05) is 36.2 Å². The summed E-state index contributed by atoms with van der Waals surface area (Å²) in [6.07, 6.45) is 2.16. The fourth-order valence-corrected chi connectivity index (χ4v) is 11.3. The number of carbonyl (C=O) groups is 4. The lowest BCUT2D eigenvalue weighted by Gasteiger charge is -2.38. The van der Waals surface area contributed by atoms with Crippen LogP contribution >= 0.6 is 23.2 Å². The molecule has 18 heteroatoms. The van der Waals surface area contributed by atoms with Crippen molar-refractivity contribution >= 4 is 88.4 Å². The van der Waals surface area contributed by atoms with Gasteiger partial charge in [0.25, 0.3) is 0 Å². The largest absolute Gasteiger partial charge is 0.334 e. The normalized spacial score (nSPS) is 22.9. The molecule has 300 valence electrons. The van der Waals surface area contributed by atoms with Crippen LogP contribution < -0.4 is 9.44 Å². The smallest absolute Gasteiger partial charge is 0.242 e. The summed E-state index contributed by atoms with van der Waals surface area (Å²) >= 11 is 12.1. The van der Waals surface area contributed by atoms with Crippen LogP contribution in [0.15, 0.2) is 82.6 Å². The van der Waals surface area contributed by atoms with Crippen molar-refractivity contribution in [1.29, 1.82) is 0 Å². The Labute approximate surface area is 340 Å². The molecule has 2 bridgehead atoms. The van der Waals surface area contributed by atoms with E-state index in [4.69, 9.17) is 23.2 Å². The third-order valence-electron chi connectivity index (χ3n) is 11.4. The van der Waals surface area contributed by atoms with Gasteiger partial charge in [-0.05, 0) is 102 Å². The maximum absolute atomic E-state index is 13.5. The Hall–Kier alpha value is -4.32. The van der Waals surface area contributed by atoms with E-state index in [2.05, 4.69) is 9.44 Å². The molecule has 4 aliphatic heterocycles. The van der Waals surface area contributed by atoms with E-state index in [1.165, 1.54) is 34.1 Å². The Bertz CT molecular complexity index is 2370. The Morgan fingerprint density at radius 3 is 1.39 bits per heavy atom. The number of benzene rings is 4. The van der Waals surface area contributed by atoms with E-state index < -0.39 is 43.9 Å². The summed E-state index contributed by atoms with van der Waals surface area (Å²) in [6, 6.07) is 17.0. The van der Waals surface area contributed by atoms with Crippen molar-refractivity contribution in [2.45, 2.75) is 66.1 Å². The van der Waals surface area contributed by atoms with E-state index in [1.54, 1.807) is 58.3 Å². The second-order valence-corrected chi connectivity index (χ2v) is 19.4. The molecule has 0 radical (unpaired) electrons. The predicted molar refractivity (Wildman–Crippen MR) is 213 cm³/mol. The second kappa shape index (κ2) is 15.5. The fourth-order valence-electron chi connectivity index (χ4n) is 8.43. The van der Waals surface area contributed by atoms with Gasteiger partial charge in [-0.1, -0.05) is 47.5 Å². The molecule has 1 unspecified atom stereocenters. The van der Waals surface area contributed by atoms with Crippen molar-refractivity contribution in [2.75, 3.05) is 39.3 Å². The molecule has 4 atom stereocenters. The van der Waals surface area contributed by atoms with Crippen LogP contribution in [-0.2, 0) is 39.2 Å². The minimum absolute atomic E-state index is 0.0169. The number of nitrogens with zero attached hydrogens (tertiary/aromatic N) is 4. The van der Waals surface area contributed by atoms with Gasteiger partial charge in [-0.2, -0.15) is 9.44 Å². The number of carbonyl (C=O) groups excluding carboxylic acids is 4. The van der Waals surface area contributed by atoms with E-state index >= 15 is 0 Å². The lowest BCUT2D eigenvalue weighted by atomic mass is 10.1. The molecule has 0 aromatic heterocycles. The quantitative estimate of drug-likeness (QED) is 0.245. The minimum atomic E-state index is -4.05. The number of fused-ring (bicyclic) bond motifs is 4. The third kappa shape index (κ3) is 8.08. The first-order chi connectivity index (χ1) is 27.1. The SMILES string of the molecule is O=C1[C@@H](NS(=O)(=O)c2ccc3cc(Cl)ccc3c2)CCCN1CC(=O)N1C[C@@H]2CC1CN2C(=O)CN1CCC[C@H](NS(=O)(=O)c2ccc3cc(Cl)ccc3c2)C1=O. The van der Waals surface area contributed by atoms with Gasteiger partial charge in [-0.3, -0.25) is 19.2 Å². The molecule has 4 heterocycles. The summed E-state index contributed by atoms with van der Waals surface area (Å²) in [7, 11) is -8.10. The van der Waals surface area contributed by atoms with Gasteiger partial charge in [0.1, 0.15) is 12.1 Å². The van der Waals surface area contributed by atoms with E-state index in [9.17, 15) is 36.0 Å². The Balaban J connectivity index is 0.837. The average molecular weight is 856 g/mol. The molecule has 4 fully saturated rings. The van der Waals surface area contributed by atoms with Gasteiger partial charge in [-0.25, -0.2) is 16.8 Å². The van der Waals surface area contributed by atoms with Crippen molar-refractivity contribution in [3.05, 3.63) is 82.8 Å². The summed E-state index contributed by atoms with van der Waals surface area (Å²) in [6.45, 7) is 0.745. The Kier molecular flexibility index (Phi) is 10.7. The van der Waals surface area contributed by atoms with Crippen molar-refractivity contribution in [1.82, 2.24) is 29.0 Å². The molecular formula is C39H40Cl2N6O8S2. The number of sulfonamides is 2. The lowest BCUT2D eigenvalue weighted by molar-refractivity contribution is -0.147. The highest BCUT2D eigenvalue weighted by Gasteiger charge is 2.48. The summed E-state index contributed by atoms with van der Waals surface area (Å²) in [5, 5.41) is 3.99. The van der Waals surface area contributed by atoms with Crippen molar-refractivity contribution in [3.63, 3.8) is 0 Å². The molecule has 57 heavy (non-hydrogen) atoms. The van der Waals surface area contributed by atoms with Gasteiger partial charge in [0.15, 0.2) is 0 Å². The van der Waals surface area contributed by atoms with Crippen LogP contribution in [0.3, 0.4) is 0 Å². The zero-order valence-corrected chi connectivity index (χ0v) is 33.8. The first kappa shape index (κ1) is 39.5. The van der Waals surface area contributed by atoms with Crippen LogP contribution in [0.2, 0.25) is 10.0 Å². The molecule has 0 spiro atoms. The van der Waals surface area contributed by atoms with Crippen LogP contribution in [0, 0.1) is 0 Å². The van der Waals surface area contributed by atoms with Gasteiger partial charge in [0.2, 0.25) is 43.7 Å². The zero-order valence-electron chi connectivity index (χ0n) is 30.6. The molecule has 4 aromatic carbocycles. The molecule has 0 saturated carbocycles. The van der Waals surface area contributed by atoms with Gasteiger partial charge in [0.05, 0.1) is 35.0 Å². The molecule has 14 nitrogen and oxygen atoms in total. The van der Waals surface area contributed by atoms with E-state index in [-0.39, 0.29) is 59.9 Å². The van der Waals surface area contributed by atoms with Crippen LogP contribution in [0.1, 0.15) is 32.1 Å². The molecule has 0 aliphatic carbocycles. The summed E-state index contributed by atoms with van der Waals surface area (Å²) < 4.78 is 58.3. The summed E-state index contributed by atoms with van der Waals surface area (Å²) in [4.78, 5) is 60.2. The average Bonchev–Trinajstić information content (AvgIpc) is 3.79. The minimum Gasteiger partial charge on any atom is -0.334 e. The standard InChI is InChI=1S/C39H40Cl2N6O8S2/c40-28-9-5-26-17-32(11-7-24(26)15-28)56(52,53)42-34-3-1-13-44(38(34)50)22-36(48)46-20-31-19-30(46)21-47(31)37(49)23-45-14-2-4-35(39(45)51)43-57(54,55)33-12-8-25-16-29(41)10-6-27(25)18-33/h5-12,15-18,30-31,34-35,42-43H,1-4,13-14,19-23H2/t30-,31?,34-,35-/m0/s1. The van der Waals surface area contributed by atoms with Gasteiger partial charge >= 0.3 is 0 Å². The number of hydrogen-bond acceptors (Lipinski definition) is 8. The highest BCUT2D eigenvalue weighted by atomic mass is 35.5. The van der Waals surface area contributed by atoms with E-state index in [1.807, 2.05) is 0 Å². The number of piperazine rings is 1. The lowest BCUT2D eigenvalue weighted by Crippen LogP contribution is -2.58. The van der Waals surface area contributed by atoms with Crippen molar-refractivity contribution < 1.29 is 36.0 Å². The van der Waals surface area contributed by atoms with Gasteiger partial charge in [-0.15, -0.1) is 0 Å². The van der Waals surface area contributed by atoms with Crippen LogP contribution in [-0.4, -0.2) is 123 Å². The number of halogens is 2. The maximum Gasteiger partial charge on any atom is 0.242 e. The Morgan fingerprint density at radius 1 is 0.596 bits per heavy atom. The van der Waals surface area contributed by atoms with Crippen molar-refractivity contribution in [2.24, 2.45) is 0 Å². The number of amides is 4. The molecule has 8 rings (SSSR count). The van der Waals surface area contributed by atoms with Crippen LogP contribution in [0.5, 0.6) is 0 Å². The predicted octanol–water partition coefficient (Wildman–Crippen LogP) is 3.35. The second-order valence-electron chi connectivity index (χ2n) is 15.1. The topological polar surface area (TPSA) is 174 Å². The van der Waals surface area contributed by atoms with E-state index in [0.717, 1.165) is 10.8 Å². The molecule has 2 N–H and O–H groups in total. The number of rotatable bonds is 10. The van der Waals surface area contributed by atoms with Gasteiger partial charge < -0.3 is 19.6 Å². The Morgan fingerprint density at radius 2 is 0.982 bits per heavy atom. The first-order valence-corrected chi connectivity index (χ1v) is 22.5. The zero-order chi connectivity index (χ0) is 40.2. The third-order valence-corrected chi connectivity index (χ3v) is 14.8. The number of nitrogens with one attached hydrogen (secondary N) is 2. The molecule has 4 aliphatic rings. The highest BCUT2D eigenvalue weighted by Crippen LogP contribution is 2.32. The molecular weight excluding hydrogens is 816 g/mol.